The highest BCUT2D eigenvalue weighted by Gasteiger charge is 2.48. The molecule has 0 unspecified atom stereocenters. The zero-order chi connectivity index (χ0) is 20.6. The topological polar surface area (TPSA) is 94.8 Å². The summed E-state index contributed by atoms with van der Waals surface area (Å²) in [5, 5.41) is 3.20. The Labute approximate surface area is 163 Å². The van der Waals surface area contributed by atoms with Crippen molar-refractivity contribution in [3.8, 4) is 0 Å². The van der Waals surface area contributed by atoms with E-state index in [9.17, 15) is 14.4 Å². The summed E-state index contributed by atoms with van der Waals surface area (Å²) in [6.07, 6.45) is 0.491. The molecule has 0 fully saturated rings. The highest BCUT2D eigenvalue weighted by Crippen LogP contribution is 2.45. The first-order chi connectivity index (χ1) is 13.3. The van der Waals surface area contributed by atoms with Gasteiger partial charge in [-0.1, -0.05) is 6.92 Å². The summed E-state index contributed by atoms with van der Waals surface area (Å²) in [7, 11) is 1.27. The minimum Gasteiger partial charge on any atom is -0.468 e. The van der Waals surface area contributed by atoms with Crippen LogP contribution in [-0.2, 0) is 23.9 Å². The Kier molecular flexibility index (Phi) is 5.45. The van der Waals surface area contributed by atoms with E-state index in [4.69, 9.17) is 13.9 Å². The van der Waals surface area contributed by atoms with Crippen molar-refractivity contribution in [2.45, 2.75) is 40.0 Å². The van der Waals surface area contributed by atoms with Gasteiger partial charge in [0.2, 0.25) is 0 Å². The van der Waals surface area contributed by atoms with E-state index in [1.807, 2.05) is 6.92 Å². The molecule has 3 rings (SSSR count). The van der Waals surface area contributed by atoms with Gasteiger partial charge in [0.05, 0.1) is 25.2 Å². The number of carbonyl (C=O) groups excluding carboxylic acids is 3. The molecule has 0 saturated heterocycles. The van der Waals surface area contributed by atoms with E-state index in [-0.39, 0.29) is 18.3 Å². The molecule has 0 saturated carbocycles. The molecular formula is C21H25NO6. The molecule has 2 heterocycles. The highest BCUT2D eigenvalue weighted by atomic mass is 16.5. The number of rotatable bonds is 4. The lowest BCUT2D eigenvalue weighted by Gasteiger charge is -2.37. The van der Waals surface area contributed by atoms with E-state index in [1.54, 1.807) is 32.9 Å². The lowest BCUT2D eigenvalue weighted by molar-refractivity contribution is -0.151. The molecule has 0 spiro atoms. The molecule has 0 amide bonds. The summed E-state index contributed by atoms with van der Waals surface area (Å²) in [6, 6.07) is 3.53. The van der Waals surface area contributed by atoms with Crippen LogP contribution in [0.15, 0.2) is 39.1 Å². The summed E-state index contributed by atoms with van der Waals surface area (Å²) in [5.41, 5.74) is 2.02. The van der Waals surface area contributed by atoms with Gasteiger partial charge in [-0.3, -0.25) is 9.59 Å². The van der Waals surface area contributed by atoms with Crippen molar-refractivity contribution in [2.24, 2.45) is 11.8 Å². The third-order valence-corrected chi connectivity index (χ3v) is 5.28. The maximum Gasteiger partial charge on any atom is 0.336 e. The van der Waals surface area contributed by atoms with Crippen molar-refractivity contribution in [3.63, 3.8) is 0 Å². The Hall–Kier alpha value is -2.83. The van der Waals surface area contributed by atoms with Crippen molar-refractivity contribution in [2.75, 3.05) is 13.7 Å². The number of nitrogens with one attached hydrogen (secondary N) is 1. The first kappa shape index (κ1) is 19.9. The van der Waals surface area contributed by atoms with E-state index in [1.165, 1.54) is 7.11 Å². The van der Waals surface area contributed by atoms with Gasteiger partial charge >= 0.3 is 11.9 Å². The zero-order valence-corrected chi connectivity index (χ0v) is 16.8. The van der Waals surface area contributed by atoms with Crippen LogP contribution in [0.1, 0.15) is 44.6 Å². The van der Waals surface area contributed by atoms with Crippen LogP contribution in [0.3, 0.4) is 0 Å². The summed E-state index contributed by atoms with van der Waals surface area (Å²) in [6.45, 7) is 7.35. The number of hydrogen-bond donors (Lipinski definition) is 1. The van der Waals surface area contributed by atoms with Crippen LogP contribution in [0.5, 0.6) is 0 Å². The molecule has 2 aliphatic rings. The number of furan rings is 1. The zero-order valence-electron chi connectivity index (χ0n) is 16.8. The van der Waals surface area contributed by atoms with Crippen LogP contribution in [-0.4, -0.2) is 31.4 Å². The molecule has 0 radical (unpaired) electrons. The highest BCUT2D eigenvalue weighted by molar-refractivity contribution is 6.12. The number of hydrogen-bond acceptors (Lipinski definition) is 7. The molecule has 3 atom stereocenters. The van der Waals surface area contributed by atoms with Gasteiger partial charge in [0.25, 0.3) is 0 Å². The van der Waals surface area contributed by atoms with Crippen LogP contribution in [0.2, 0.25) is 0 Å². The van der Waals surface area contributed by atoms with Gasteiger partial charge < -0.3 is 19.2 Å². The molecule has 7 heteroatoms. The van der Waals surface area contributed by atoms with Gasteiger partial charge in [-0.05, 0) is 45.2 Å². The molecule has 1 aliphatic carbocycles. The monoisotopic (exact) mass is 387 g/mol. The van der Waals surface area contributed by atoms with Gasteiger partial charge in [-0.25, -0.2) is 4.79 Å². The number of dihydropyridines is 1. The van der Waals surface area contributed by atoms with E-state index < -0.39 is 23.8 Å². The number of Topliss-reactive ketones (excluding diaryl/α,β-unsaturated/α-hetero) is 1. The summed E-state index contributed by atoms with van der Waals surface area (Å²) in [4.78, 5) is 38.4. The van der Waals surface area contributed by atoms with E-state index in [2.05, 4.69) is 5.32 Å². The summed E-state index contributed by atoms with van der Waals surface area (Å²) < 4.78 is 15.9. The molecule has 150 valence electrons. The number of methoxy groups -OCH3 is 1. The van der Waals surface area contributed by atoms with Crippen LogP contribution >= 0.6 is 0 Å². The molecule has 28 heavy (non-hydrogen) atoms. The van der Waals surface area contributed by atoms with Gasteiger partial charge in [-0.2, -0.15) is 0 Å². The van der Waals surface area contributed by atoms with E-state index in [0.717, 1.165) is 0 Å². The number of aryl methyl sites for hydroxylation is 1. The molecule has 7 nitrogen and oxygen atoms in total. The molecular weight excluding hydrogens is 362 g/mol. The maximum atomic E-state index is 13.4. The van der Waals surface area contributed by atoms with Crippen molar-refractivity contribution < 1.29 is 28.3 Å². The predicted octanol–water partition coefficient (Wildman–Crippen LogP) is 2.76. The van der Waals surface area contributed by atoms with Gasteiger partial charge in [-0.15, -0.1) is 0 Å². The molecule has 1 aromatic heterocycles. The van der Waals surface area contributed by atoms with Gasteiger partial charge in [0, 0.05) is 17.0 Å². The second-order valence-corrected chi connectivity index (χ2v) is 7.20. The molecule has 0 aromatic carbocycles. The first-order valence-corrected chi connectivity index (χ1v) is 9.36. The predicted molar refractivity (Wildman–Crippen MR) is 100.0 cm³/mol. The molecule has 0 bridgehead atoms. The quantitative estimate of drug-likeness (QED) is 0.627. The SMILES string of the molecule is CCOC(=O)C1=C(C)NC2=C(C(=O)[C@@H](C(=O)OC)[C@@H](C)C2)[C@@H]1c1ccc(C)o1. The third-order valence-electron chi connectivity index (χ3n) is 5.28. The Morgan fingerprint density at radius 3 is 2.57 bits per heavy atom. The summed E-state index contributed by atoms with van der Waals surface area (Å²) >= 11 is 0. The average Bonchev–Trinajstić information content (AvgIpc) is 3.06. The standard InChI is InChI=1S/C21H25NO6/c1-6-27-21(25)16-12(4)22-13-9-10(2)15(20(24)26-5)19(23)17(13)18(16)14-8-7-11(3)28-14/h7-8,10,15,18,22H,6,9H2,1-5H3/t10-,15-,18+/m0/s1. The van der Waals surface area contributed by atoms with Gasteiger partial charge in [0.15, 0.2) is 5.78 Å². The largest absolute Gasteiger partial charge is 0.468 e. The van der Waals surface area contributed by atoms with Gasteiger partial charge in [0.1, 0.15) is 17.4 Å². The smallest absolute Gasteiger partial charge is 0.336 e. The van der Waals surface area contributed by atoms with Crippen molar-refractivity contribution >= 4 is 17.7 Å². The Balaban J connectivity index is 2.16. The Morgan fingerprint density at radius 1 is 1.29 bits per heavy atom. The lowest BCUT2D eigenvalue weighted by atomic mass is 9.70. The average molecular weight is 387 g/mol. The second-order valence-electron chi connectivity index (χ2n) is 7.20. The van der Waals surface area contributed by atoms with Crippen molar-refractivity contribution in [1.82, 2.24) is 5.32 Å². The van der Waals surface area contributed by atoms with Crippen LogP contribution in [0.4, 0.5) is 0 Å². The molecule has 1 N–H and O–H groups in total. The van der Waals surface area contributed by atoms with Crippen LogP contribution in [0.25, 0.3) is 0 Å². The fraction of sp³-hybridized carbons (Fsp3) is 0.476. The van der Waals surface area contributed by atoms with E-state index in [0.29, 0.717) is 40.5 Å². The normalized spacial score (nSPS) is 24.6. The minimum atomic E-state index is -0.911. The number of allylic oxidation sites excluding steroid dienone is 3. The molecule has 1 aromatic rings. The summed E-state index contributed by atoms with van der Waals surface area (Å²) in [5.74, 6) is -2.15. The van der Waals surface area contributed by atoms with Crippen molar-refractivity contribution in [1.29, 1.82) is 0 Å². The molecule has 1 aliphatic heterocycles. The minimum absolute atomic E-state index is 0.210. The van der Waals surface area contributed by atoms with Crippen LogP contribution < -0.4 is 5.32 Å². The number of ketones is 1. The second kappa shape index (κ2) is 7.66. The number of esters is 2. The van der Waals surface area contributed by atoms with Crippen LogP contribution in [0, 0.1) is 18.8 Å². The number of carbonyl (C=O) groups is 3. The lowest BCUT2D eigenvalue weighted by Crippen LogP contribution is -2.43. The number of ether oxygens (including phenoxy) is 2. The van der Waals surface area contributed by atoms with E-state index >= 15 is 0 Å². The fourth-order valence-electron chi connectivity index (χ4n) is 4.05. The fourth-order valence-corrected chi connectivity index (χ4v) is 4.05. The Morgan fingerprint density at radius 2 is 2.00 bits per heavy atom. The maximum absolute atomic E-state index is 13.4. The van der Waals surface area contributed by atoms with Crippen molar-refractivity contribution in [3.05, 3.63) is 46.2 Å². The first-order valence-electron chi connectivity index (χ1n) is 9.36. The Bertz CT molecular complexity index is 890. The third kappa shape index (κ3) is 3.25.